The smallest absolute Gasteiger partial charge is 0.280 e. The van der Waals surface area contributed by atoms with Crippen LogP contribution in [0.15, 0.2) is 59.2 Å². The van der Waals surface area contributed by atoms with Gasteiger partial charge in [-0.15, -0.1) is 0 Å². The Balaban J connectivity index is 1.94. The topological polar surface area (TPSA) is 72.8 Å². The third-order valence-corrected chi connectivity index (χ3v) is 3.78. The van der Waals surface area contributed by atoms with Crippen molar-refractivity contribution in [2.45, 2.75) is 13.8 Å². The van der Waals surface area contributed by atoms with Gasteiger partial charge in [0.05, 0.1) is 22.9 Å². The highest BCUT2D eigenvalue weighted by Gasteiger charge is 2.28. The summed E-state index contributed by atoms with van der Waals surface area (Å²) in [7, 11) is 0. The van der Waals surface area contributed by atoms with Crippen LogP contribution in [0.4, 0.5) is 5.69 Å². The summed E-state index contributed by atoms with van der Waals surface area (Å²) >= 11 is 0. The maximum atomic E-state index is 12.6. The van der Waals surface area contributed by atoms with Crippen LogP contribution >= 0.6 is 0 Å². The lowest BCUT2D eigenvalue weighted by molar-refractivity contribution is -0.255. The molecule has 0 spiro atoms. The standard InChI is InChI=1S/C19H16N2O3/c1-12-6-8-14(9-7-12)10-17-13(2)20-21(18(17)22)16-5-3-4-15(11-16)19(23)24/h3-11H,1-2H3,(H,23,24)/p-1/b17-10+. The number of hydrazone groups is 1. The zero-order chi connectivity index (χ0) is 17.3. The number of carbonyl (C=O) groups excluding carboxylic acids is 2. The Kier molecular flexibility index (Phi) is 4.00. The Morgan fingerprint density at radius 2 is 1.83 bits per heavy atom. The van der Waals surface area contributed by atoms with Gasteiger partial charge in [-0.05, 0) is 43.2 Å². The van der Waals surface area contributed by atoms with Crippen LogP contribution < -0.4 is 10.1 Å². The van der Waals surface area contributed by atoms with Gasteiger partial charge in [-0.2, -0.15) is 10.1 Å². The van der Waals surface area contributed by atoms with E-state index in [0.29, 0.717) is 17.0 Å². The molecule has 0 saturated heterocycles. The van der Waals surface area contributed by atoms with Crippen LogP contribution in [0, 0.1) is 6.92 Å². The summed E-state index contributed by atoms with van der Waals surface area (Å²) in [5, 5.41) is 16.4. The van der Waals surface area contributed by atoms with Crippen LogP contribution in [0.3, 0.4) is 0 Å². The predicted octanol–water partition coefficient (Wildman–Crippen LogP) is 2.16. The third-order valence-electron chi connectivity index (χ3n) is 3.78. The van der Waals surface area contributed by atoms with Crippen molar-refractivity contribution in [3.8, 4) is 0 Å². The third kappa shape index (κ3) is 2.96. The first-order valence-corrected chi connectivity index (χ1v) is 7.45. The molecule has 120 valence electrons. The fourth-order valence-electron chi connectivity index (χ4n) is 2.45. The van der Waals surface area contributed by atoms with Crippen molar-refractivity contribution in [3.63, 3.8) is 0 Å². The maximum Gasteiger partial charge on any atom is 0.280 e. The fraction of sp³-hybridized carbons (Fsp3) is 0.105. The number of benzene rings is 2. The molecule has 0 aliphatic carbocycles. The van der Waals surface area contributed by atoms with E-state index in [4.69, 9.17) is 0 Å². The van der Waals surface area contributed by atoms with Crippen LogP contribution in [0.1, 0.15) is 28.4 Å². The van der Waals surface area contributed by atoms with E-state index in [1.54, 1.807) is 25.1 Å². The molecular formula is C19H15N2O3-. The normalized spacial score (nSPS) is 15.8. The summed E-state index contributed by atoms with van der Waals surface area (Å²) in [5.41, 5.74) is 3.51. The van der Waals surface area contributed by atoms with Gasteiger partial charge in [0.25, 0.3) is 5.91 Å². The van der Waals surface area contributed by atoms with Gasteiger partial charge < -0.3 is 9.90 Å². The molecule has 1 heterocycles. The van der Waals surface area contributed by atoms with Crippen molar-refractivity contribution in [1.82, 2.24) is 0 Å². The van der Waals surface area contributed by atoms with Crippen LogP contribution in [0.2, 0.25) is 0 Å². The molecule has 0 unspecified atom stereocenters. The number of carboxylic acids is 1. The lowest BCUT2D eigenvalue weighted by Gasteiger charge is -2.13. The Labute approximate surface area is 139 Å². The highest BCUT2D eigenvalue weighted by atomic mass is 16.4. The molecule has 1 aliphatic rings. The Morgan fingerprint density at radius 1 is 1.12 bits per heavy atom. The van der Waals surface area contributed by atoms with Crippen molar-refractivity contribution in [3.05, 3.63) is 70.8 Å². The minimum Gasteiger partial charge on any atom is -0.545 e. The van der Waals surface area contributed by atoms with Gasteiger partial charge in [-0.1, -0.05) is 42.0 Å². The molecule has 1 amide bonds. The number of aryl methyl sites for hydroxylation is 1. The van der Waals surface area contributed by atoms with Crippen molar-refractivity contribution >= 4 is 29.4 Å². The quantitative estimate of drug-likeness (QED) is 0.814. The van der Waals surface area contributed by atoms with E-state index in [9.17, 15) is 14.7 Å². The number of carboxylic acid groups (broad SMARTS) is 1. The van der Waals surface area contributed by atoms with Gasteiger partial charge in [0.1, 0.15) is 0 Å². The fourth-order valence-corrected chi connectivity index (χ4v) is 2.45. The van der Waals surface area contributed by atoms with Crippen molar-refractivity contribution in [2.75, 3.05) is 5.01 Å². The second-order valence-electron chi connectivity index (χ2n) is 5.61. The van der Waals surface area contributed by atoms with Crippen molar-refractivity contribution in [1.29, 1.82) is 0 Å². The van der Waals surface area contributed by atoms with Crippen molar-refractivity contribution < 1.29 is 14.7 Å². The minimum atomic E-state index is -1.29. The van der Waals surface area contributed by atoms with Gasteiger partial charge >= 0.3 is 0 Å². The number of carbonyl (C=O) groups is 2. The highest BCUT2D eigenvalue weighted by Crippen LogP contribution is 2.25. The zero-order valence-electron chi connectivity index (χ0n) is 13.3. The Bertz CT molecular complexity index is 880. The number of hydrogen-bond donors (Lipinski definition) is 0. The van der Waals surface area contributed by atoms with E-state index >= 15 is 0 Å². The molecule has 24 heavy (non-hydrogen) atoms. The number of rotatable bonds is 3. The van der Waals surface area contributed by atoms with Gasteiger partial charge in [-0.3, -0.25) is 4.79 Å². The molecule has 0 fully saturated rings. The molecule has 0 saturated carbocycles. The second-order valence-corrected chi connectivity index (χ2v) is 5.61. The second kappa shape index (κ2) is 6.12. The summed E-state index contributed by atoms with van der Waals surface area (Å²) in [6.45, 7) is 3.75. The Morgan fingerprint density at radius 3 is 2.50 bits per heavy atom. The molecule has 3 rings (SSSR count). The molecule has 2 aromatic rings. The lowest BCUT2D eigenvalue weighted by Crippen LogP contribution is -2.24. The number of anilines is 1. The molecule has 2 aromatic carbocycles. The zero-order valence-corrected chi connectivity index (χ0v) is 13.3. The first-order valence-electron chi connectivity index (χ1n) is 7.45. The molecule has 0 radical (unpaired) electrons. The molecule has 0 bridgehead atoms. The number of nitrogens with zero attached hydrogens (tertiary/aromatic N) is 2. The molecule has 0 atom stereocenters. The SMILES string of the molecule is CC1=NN(c2cccc(C(=O)[O-])c2)C(=O)/C1=C/c1ccc(C)cc1. The largest absolute Gasteiger partial charge is 0.545 e. The minimum absolute atomic E-state index is 0.00381. The lowest BCUT2D eigenvalue weighted by atomic mass is 10.1. The average molecular weight is 319 g/mol. The molecule has 5 heteroatoms. The first-order chi connectivity index (χ1) is 11.5. The van der Waals surface area contributed by atoms with E-state index < -0.39 is 5.97 Å². The van der Waals surface area contributed by atoms with E-state index in [1.807, 2.05) is 31.2 Å². The van der Waals surface area contributed by atoms with Gasteiger partial charge in [-0.25, -0.2) is 0 Å². The van der Waals surface area contributed by atoms with Gasteiger partial charge in [0.15, 0.2) is 0 Å². The number of aromatic carboxylic acids is 1. The van der Waals surface area contributed by atoms with E-state index in [1.165, 1.54) is 17.1 Å². The summed E-state index contributed by atoms with van der Waals surface area (Å²) < 4.78 is 0. The van der Waals surface area contributed by atoms with E-state index in [2.05, 4.69) is 5.10 Å². The first kappa shape index (κ1) is 15.7. The molecule has 0 N–H and O–H groups in total. The Hall–Kier alpha value is -3.21. The predicted molar refractivity (Wildman–Crippen MR) is 90.5 cm³/mol. The summed E-state index contributed by atoms with van der Waals surface area (Å²) in [5.74, 6) is -1.58. The number of amides is 1. The van der Waals surface area contributed by atoms with E-state index in [0.717, 1.165) is 11.1 Å². The van der Waals surface area contributed by atoms with Crippen LogP contribution in [-0.4, -0.2) is 17.6 Å². The summed E-state index contributed by atoms with van der Waals surface area (Å²) in [6, 6.07) is 13.8. The van der Waals surface area contributed by atoms with Crippen LogP contribution in [0.5, 0.6) is 0 Å². The van der Waals surface area contributed by atoms with Gasteiger partial charge in [0.2, 0.25) is 0 Å². The maximum absolute atomic E-state index is 12.6. The highest BCUT2D eigenvalue weighted by molar-refractivity contribution is 6.32. The van der Waals surface area contributed by atoms with Crippen molar-refractivity contribution in [2.24, 2.45) is 5.10 Å². The van der Waals surface area contributed by atoms with Crippen LogP contribution in [-0.2, 0) is 4.79 Å². The summed E-state index contributed by atoms with van der Waals surface area (Å²) in [4.78, 5) is 23.6. The van der Waals surface area contributed by atoms with Gasteiger partial charge in [0, 0.05) is 0 Å². The monoisotopic (exact) mass is 319 g/mol. The summed E-state index contributed by atoms with van der Waals surface area (Å²) in [6.07, 6.45) is 1.78. The molecule has 0 aromatic heterocycles. The average Bonchev–Trinajstić information content (AvgIpc) is 2.85. The van der Waals surface area contributed by atoms with Crippen LogP contribution in [0.25, 0.3) is 6.08 Å². The van der Waals surface area contributed by atoms with E-state index in [-0.39, 0.29) is 11.5 Å². The number of hydrogen-bond acceptors (Lipinski definition) is 4. The molecule has 5 nitrogen and oxygen atoms in total. The molecular weight excluding hydrogens is 304 g/mol. The molecule has 1 aliphatic heterocycles.